The molecule has 0 saturated carbocycles. The van der Waals surface area contributed by atoms with E-state index < -0.39 is 0 Å². The molecule has 0 bridgehead atoms. The van der Waals surface area contributed by atoms with Gasteiger partial charge in [-0.1, -0.05) is 0 Å². The predicted octanol–water partition coefficient (Wildman–Crippen LogP) is 1.67. The lowest BCUT2D eigenvalue weighted by atomic mass is 10.1. The summed E-state index contributed by atoms with van der Waals surface area (Å²) in [6.07, 6.45) is 7.54. The highest BCUT2D eigenvalue weighted by atomic mass is 15.2. The van der Waals surface area contributed by atoms with Crippen molar-refractivity contribution in [2.24, 2.45) is 7.05 Å². The molecule has 0 fully saturated rings. The quantitative estimate of drug-likeness (QED) is 0.845. The zero-order chi connectivity index (χ0) is 11.4. The Hall–Kier alpha value is -1.68. The van der Waals surface area contributed by atoms with E-state index >= 15 is 0 Å². The molecule has 0 spiro atoms. The van der Waals surface area contributed by atoms with Gasteiger partial charge in [0.2, 0.25) is 0 Å². The summed E-state index contributed by atoms with van der Waals surface area (Å²) >= 11 is 0. The fourth-order valence-electron chi connectivity index (χ4n) is 1.60. The normalized spacial score (nSPS) is 12.6. The molecule has 0 aliphatic carbocycles. The van der Waals surface area contributed by atoms with Gasteiger partial charge in [-0.25, -0.2) is 0 Å². The molecule has 0 aromatic carbocycles. The van der Waals surface area contributed by atoms with Gasteiger partial charge in [0, 0.05) is 43.8 Å². The van der Waals surface area contributed by atoms with Gasteiger partial charge in [-0.3, -0.25) is 9.67 Å². The van der Waals surface area contributed by atoms with Crippen molar-refractivity contribution < 1.29 is 0 Å². The minimum Gasteiger partial charge on any atom is -0.306 e. The van der Waals surface area contributed by atoms with Gasteiger partial charge in [-0.15, -0.1) is 0 Å². The second-order valence-electron chi connectivity index (χ2n) is 3.91. The van der Waals surface area contributed by atoms with Gasteiger partial charge in [-0.2, -0.15) is 5.10 Å². The van der Waals surface area contributed by atoms with Crippen LogP contribution in [0, 0.1) is 0 Å². The maximum absolute atomic E-state index is 4.13. The Morgan fingerprint density at radius 3 is 2.75 bits per heavy atom. The second-order valence-corrected chi connectivity index (χ2v) is 3.91. The largest absolute Gasteiger partial charge is 0.306 e. The Labute approximate surface area is 95.3 Å². The summed E-state index contributed by atoms with van der Waals surface area (Å²) in [5, 5.41) is 7.58. The van der Waals surface area contributed by atoms with Gasteiger partial charge in [0.1, 0.15) is 0 Å². The SMILES string of the molecule is C[C@@H](NCc1cnn(C)c1)c1ccncc1. The molecule has 1 N–H and O–H groups in total. The Morgan fingerprint density at radius 2 is 2.12 bits per heavy atom. The van der Waals surface area contributed by atoms with Crippen molar-refractivity contribution in [3.63, 3.8) is 0 Å². The topological polar surface area (TPSA) is 42.7 Å². The first-order chi connectivity index (χ1) is 7.75. The highest BCUT2D eigenvalue weighted by Gasteiger charge is 2.04. The maximum atomic E-state index is 4.13. The number of nitrogens with zero attached hydrogens (tertiary/aromatic N) is 3. The molecular weight excluding hydrogens is 200 g/mol. The molecule has 0 amide bonds. The van der Waals surface area contributed by atoms with Crippen molar-refractivity contribution >= 4 is 0 Å². The number of hydrogen-bond donors (Lipinski definition) is 1. The minimum absolute atomic E-state index is 0.322. The summed E-state index contributed by atoms with van der Waals surface area (Å²) in [5.74, 6) is 0. The smallest absolute Gasteiger partial charge is 0.0534 e. The number of aryl methyl sites for hydroxylation is 1. The molecule has 84 valence electrons. The fraction of sp³-hybridized carbons (Fsp3) is 0.333. The van der Waals surface area contributed by atoms with Crippen molar-refractivity contribution in [1.29, 1.82) is 0 Å². The molecule has 2 heterocycles. The van der Waals surface area contributed by atoms with E-state index in [1.54, 1.807) is 0 Å². The van der Waals surface area contributed by atoms with Crippen molar-refractivity contribution in [3.05, 3.63) is 48.0 Å². The number of pyridine rings is 1. The second kappa shape index (κ2) is 4.90. The molecule has 2 aromatic rings. The highest BCUT2D eigenvalue weighted by molar-refractivity contribution is 5.14. The zero-order valence-corrected chi connectivity index (χ0v) is 9.59. The Morgan fingerprint density at radius 1 is 1.38 bits per heavy atom. The molecule has 4 heteroatoms. The molecular formula is C12H16N4. The third-order valence-electron chi connectivity index (χ3n) is 2.58. The van der Waals surface area contributed by atoms with Crippen molar-refractivity contribution in [3.8, 4) is 0 Å². The Bertz CT molecular complexity index is 435. The van der Waals surface area contributed by atoms with Gasteiger partial charge in [0.15, 0.2) is 0 Å². The maximum Gasteiger partial charge on any atom is 0.0534 e. The zero-order valence-electron chi connectivity index (χ0n) is 9.59. The summed E-state index contributed by atoms with van der Waals surface area (Å²) < 4.78 is 1.81. The van der Waals surface area contributed by atoms with Gasteiger partial charge in [0.25, 0.3) is 0 Å². The van der Waals surface area contributed by atoms with E-state index in [1.165, 1.54) is 11.1 Å². The lowest BCUT2D eigenvalue weighted by Crippen LogP contribution is -2.17. The van der Waals surface area contributed by atoms with E-state index in [9.17, 15) is 0 Å². The molecule has 0 aliphatic heterocycles. The van der Waals surface area contributed by atoms with Gasteiger partial charge >= 0.3 is 0 Å². The van der Waals surface area contributed by atoms with Crippen molar-refractivity contribution in [2.75, 3.05) is 0 Å². The lowest BCUT2D eigenvalue weighted by Gasteiger charge is -2.12. The van der Waals surface area contributed by atoms with E-state index in [4.69, 9.17) is 0 Å². The molecule has 2 aromatic heterocycles. The predicted molar refractivity (Wildman–Crippen MR) is 62.7 cm³/mol. The minimum atomic E-state index is 0.322. The number of aromatic nitrogens is 3. The van der Waals surface area contributed by atoms with Crippen LogP contribution in [0.2, 0.25) is 0 Å². The monoisotopic (exact) mass is 216 g/mol. The van der Waals surface area contributed by atoms with E-state index in [0.29, 0.717) is 6.04 Å². The molecule has 1 atom stereocenters. The summed E-state index contributed by atoms with van der Waals surface area (Å²) in [6, 6.07) is 4.38. The first-order valence-electron chi connectivity index (χ1n) is 5.36. The summed E-state index contributed by atoms with van der Waals surface area (Å²) in [6.45, 7) is 2.98. The van der Waals surface area contributed by atoms with Crippen LogP contribution in [0.25, 0.3) is 0 Å². The number of rotatable bonds is 4. The molecule has 16 heavy (non-hydrogen) atoms. The summed E-state index contributed by atoms with van der Waals surface area (Å²) in [7, 11) is 1.93. The highest BCUT2D eigenvalue weighted by Crippen LogP contribution is 2.10. The molecule has 4 nitrogen and oxygen atoms in total. The van der Waals surface area contributed by atoms with E-state index in [1.807, 2.05) is 48.6 Å². The standard InChI is InChI=1S/C12H16N4/c1-10(12-3-5-13-6-4-12)14-7-11-8-15-16(2)9-11/h3-6,8-10,14H,7H2,1-2H3/t10-/m1/s1. The van der Waals surface area contributed by atoms with Crippen molar-refractivity contribution in [1.82, 2.24) is 20.1 Å². The van der Waals surface area contributed by atoms with E-state index in [0.717, 1.165) is 6.54 Å². The average molecular weight is 216 g/mol. The molecule has 0 unspecified atom stereocenters. The lowest BCUT2D eigenvalue weighted by molar-refractivity contribution is 0.574. The van der Waals surface area contributed by atoms with Crippen LogP contribution in [0.1, 0.15) is 24.1 Å². The van der Waals surface area contributed by atoms with Crippen LogP contribution in [-0.2, 0) is 13.6 Å². The molecule has 0 saturated heterocycles. The average Bonchev–Trinajstić information content (AvgIpc) is 2.73. The Kier molecular flexibility index (Phi) is 3.31. The van der Waals surface area contributed by atoms with Crippen LogP contribution in [0.15, 0.2) is 36.9 Å². The Balaban J connectivity index is 1.91. The summed E-state index contributed by atoms with van der Waals surface area (Å²) in [4.78, 5) is 4.01. The van der Waals surface area contributed by atoms with Crippen LogP contribution < -0.4 is 5.32 Å². The van der Waals surface area contributed by atoms with Gasteiger partial charge < -0.3 is 5.32 Å². The van der Waals surface area contributed by atoms with Gasteiger partial charge in [-0.05, 0) is 24.6 Å². The van der Waals surface area contributed by atoms with Crippen LogP contribution in [0.5, 0.6) is 0 Å². The number of hydrogen-bond acceptors (Lipinski definition) is 3. The van der Waals surface area contributed by atoms with Crippen LogP contribution >= 0.6 is 0 Å². The molecule has 2 rings (SSSR count). The first-order valence-corrected chi connectivity index (χ1v) is 5.36. The van der Waals surface area contributed by atoms with Crippen molar-refractivity contribution in [2.45, 2.75) is 19.5 Å². The number of nitrogens with one attached hydrogen (secondary N) is 1. The molecule has 0 aliphatic rings. The third-order valence-corrected chi connectivity index (χ3v) is 2.58. The van der Waals surface area contributed by atoms with Crippen LogP contribution in [0.3, 0.4) is 0 Å². The third kappa shape index (κ3) is 2.67. The van der Waals surface area contributed by atoms with Crippen LogP contribution in [-0.4, -0.2) is 14.8 Å². The van der Waals surface area contributed by atoms with Crippen LogP contribution in [0.4, 0.5) is 0 Å². The summed E-state index contributed by atoms with van der Waals surface area (Å²) in [5.41, 5.74) is 2.45. The fourth-order valence-corrected chi connectivity index (χ4v) is 1.60. The molecule has 0 radical (unpaired) electrons. The van der Waals surface area contributed by atoms with Gasteiger partial charge in [0.05, 0.1) is 6.20 Å². The first kappa shape index (κ1) is 10.8. The van der Waals surface area contributed by atoms with E-state index in [-0.39, 0.29) is 0 Å². The van der Waals surface area contributed by atoms with E-state index in [2.05, 4.69) is 22.3 Å².